The number of rotatable bonds is 12. The summed E-state index contributed by atoms with van der Waals surface area (Å²) >= 11 is 0. The van der Waals surface area contributed by atoms with E-state index in [1.54, 1.807) is 6.92 Å². The van der Waals surface area contributed by atoms with Crippen LogP contribution in [0.4, 0.5) is 28.9 Å². The molecule has 3 saturated carbocycles. The topological polar surface area (TPSA) is 130 Å². The highest BCUT2D eigenvalue weighted by molar-refractivity contribution is 5.55. The predicted octanol–water partition coefficient (Wildman–Crippen LogP) is 4.60. The van der Waals surface area contributed by atoms with Crippen LogP contribution in [0.15, 0.2) is 84.2 Å². The maximum Gasteiger partial charge on any atom is 0.350 e. The Morgan fingerprint density at radius 3 is 2.00 bits per heavy atom. The van der Waals surface area contributed by atoms with Crippen LogP contribution in [-0.4, -0.2) is 83.0 Å². The second kappa shape index (κ2) is 13.0. The van der Waals surface area contributed by atoms with Gasteiger partial charge in [-0.15, -0.1) is 5.10 Å². The number of nitrogens with zero attached hydrogens (tertiary/aromatic N) is 9. The van der Waals surface area contributed by atoms with Gasteiger partial charge in [-0.25, -0.2) is 36.3 Å². The molecule has 284 valence electrons. The molecule has 3 aromatic carbocycles. The van der Waals surface area contributed by atoms with Crippen LogP contribution in [0.2, 0.25) is 0 Å². The van der Waals surface area contributed by atoms with Gasteiger partial charge in [0.05, 0.1) is 24.4 Å². The van der Waals surface area contributed by atoms with E-state index in [1.165, 1.54) is 15.6 Å². The van der Waals surface area contributed by atoms with Crippen molar-refractivity contribution in [3.63, 3.8) is 0 Å². The lowest BCUT2D eigenvalue weighted by Gasteiger charge is -2.74. The Kier molecular flexibility index (Phi) is 8.67. The molecule has 0 spiro atoms. The van der Waals surface area contributed by atoms with Crippen molar-refractivity contribution in [1.82, 2.24) is 34.6 Å². The van der Waals surface area contributed by atoms with E-state index >= 15 is 8.78 Å². The van der Waals surface area contributed by atoms with Crippen LogP contribution >= 0.6 is 0 Å². The van der Waals surface area contributed by atoms with Gasteiger partial charge in [0.2, 0.25) is 0 Å². The quantitative estimate of drug-likeness (QED) is 0.176. The molecule has 0 amide bonds. The summed E-state index contributed by atoms with van der Waals surface area (Å²) in [6.45, 7) is 5.83. The lowest BCUT2D eigenvalue weighted by atomic mass is 9.30. The number of aliphatic hydroxyl groups excluding tert-OH is 1. The smallest absolute Gasteiger partial charge is 0.350 e. The van der Waals surface area contributed by atoms with Crippen molar-refractivity contribution >= 4 is 11.4 Å². The van der Waals surface area contributed by atoms with Crippen molar-refractivity contribution in [2.45, 2.75) is 75.2 Å². The molecule has 3 atom stereocenters. The summed E-state index contributed by atoms with van der Waals surface area (Å²) in [6.07, 6.45) is 2.76. The molecule has 3 heterocycles. The Hall–Kier alpha value is -5.09. The second-order valence-electron chi connectivity index (χ2n) is 15.1. The average Bonchev–Trinajstić information content (AvgIpc) is 3.77. The molecule has 4 fully saturated rings. The number of tetrazole rings is 1. The lowest BCUT2D eigenvalue weighted by molar-refractivity contribution is -0.347. The monoisotopic (exact) mass is 747 g/mol. The first kappa shape index (κ1) is 35.9. The number of halogens is 4. The number of anilines is 2. The number of piperazine rings is 1. The second-order valence-corrected chi connectivity index (χ2v) is 15.1. The highest BCUT2D eigenvalue weighted by Gasteiger charge is 2.82. The zero-order valence-electron chi connectivity index (χ0n) is 29.9. The first-order valence-corrected chi connectivity index (χ1v) is 18.1. The molecule has 0 radical (unpaired) electrons. The van der Waals surface area contributed by atoms with Gasteiger partial charge in [0.1, 0.15) is 24.3 Å². The van der Waals surface area contributed by atoms with Crippen LogP contribution in [0.1, 0.15) is 56.7 Å². The van der Waals surface area contributed by atoms with Gasteiger partial charge in [0.25, 0.3) is 5.92 Å². The molecule has 9 rings (SSSR count). The Morgan fingerprint density at radius 2 is 1.46 bits per heavy atom. The molecule has 3 aliphatic carbocycles. The van der Waals surface area contributed by atoms with Crippen LogP contribution in [0, 0.1) is 17.0 Å². The number of hydrogen-bond acceptors (Lipinski definition) is 9. The Balaban J connectivity index is 0.905. The third-order valence-corrected chi connectivity index (χ3v) is 12.0. The number of benzene rings is 3. The maximum absolute atomic E-state index is 16.6. The summed E-state index contributed by atoms with van der Waals surface area (Å²) in [7, 11) is 0. The summed E-state index contributed by atoms with van der Waals surface area (Å²) in [5.41, 5.74) is -2.37. The van der Waals surface area contributed by atoms with E-state index in [2.05, 4.69) is 30.4 Å². The first-order valence-electron chi connectivity index (χ1n) is 18.1. The largest absolute Gasteiger partial charge is 0.391 e. The molecule has 2 aromatic heterocycles. The molecule has 2 bridgehead atoms. The van der Waals surface area contributed by atoms with Gasteiger partial charge in [0.15, 0.2) is 5.60 Å². The van der Waals surface area contributed by atoms with Gasteiger partial charge in [-0.1, -0.05) is 19.1 Å². The van der Waals surface area contributed by atoms with Crippen LogP contribution in [0.5, 0.6) is 0 Å². The van der Waals surface area contributed by atoms with Gasteiger partial charge in [-0.05, 0) is 103 Å². The molecule has 1 saturated heterocycles. The molecule has 12 nitrogen and oxygen atoms in total. The van der Waals surface area contributed by atoms with Gasteiger partial charge < -0.3 is 20.0 Å². The normalized spacial score (nSPS) is 23.3. The molecule has 2 N–H and O–H groups in total. The highest BCUT2D eigenvalue weighted by atomic mass is 19.3. The Morgan fingerprint density at radius 1 is 0.870 bits per heavy atom. The highest BCUT2D eigenvalue weighted by Crippen LogP contribution is 2.80. The van der Waals surface area contributed by atoms with Crippen molar-refractivity contribution < 1.29 is 27.8 Å². The summed E-state index contributed by atoms with van der Waals surface area (Å²) in [5.74, 6) is -5.99. The first-order chi connectivity index (χ1) is 25.8. The molecule has 54 heavy (non-hydrogen) atoms. The molecule has 5 aromatic rings. The Labute approximate surface area is 308 Å². The number of hydrogen-bond donors (Lipinski definition) is 2. The molecule has 0 unspecified atom stereocenters. The van der Waals surface area contributed by atoms with Crippen molar-refractivity contribution in [3.05, 3.63) is 113 Å². The van der Waals surface area contributed by atoms with E-state index in [0.717, 1.165) is 66.3 Å². The van der Waals surface area contributed by atoms with E-state index in [-0.39, 0.29) is 25.0 Å². The van der Waals surface area contributed by atoms with E-state index < -0.39 is 58.2 Å². The third kappa shape index (κ3) is 5.60. The van der Waals surface area contributed by atoms with Crippen LogP contribution < -0.4 is 15.5 Å². The summed E-state index contributed by atoms with van der Waals surface area (Å²) in [6, 6.07) is 17.6. The fourth-order valence-electron chi connectivity index (χ4n) is 9.04. The van der Waals surface area contributed by atoms with Gasteiger partial charge >= 0.3 is 5.69 Å². The summed E-state index contributed by atoms with van der Waals surface area (Å²) in [4.78, 5) is 17.6. The fraction of sp³-hybridized carbons (Fsp3) is 0.447. The number of aliphatic hydroxyl groups is 2. The standard InChI is InChI=1S/C38H41F4N9O3/c1-3-33(25(2)52)51-34(53)50(24-44-51)30-11-9-29(10-12-30)48-16-14-47(15-17-48)28-7-4-26(5-8-28)35-19-36(20-35,21-35)38(41,42)37(54,22-49-23-43-45-46-49)31-13-6-27(39)18-32(31)40/h4-13,18,23-25,33,52,54H,3,14-17,19-22H2,1-2H3/t25-,33-,35?,36?,37+/m0/s1. The Bertz CT molecular complexity index is 2160. The molecule has 1 aliphatic heterocycles. The average molecular weight is 748 g/mol. The summed E-state index contributed by atoms with van der Waals surface area (Å²) < 4.78 is 65.7. The van der Waals surface area contributed by atoms with Crippen molar-refractivity contribution in [1.29, 1.82) is 0 Å². The van der Waals surface area contributed by atoms with E-state index in [1.807, 2.05) is 55.5 Å². The minimum absolute atomic E-state index is 0.114. The third-order valence-electron chi connectivity index (χ3n) is 12.0. The van der Waals surface area contributed by atoms with Gasteiger partial charge in [-0.2, -0.15) is 5.10 Å². The van der Waals surface area contributed by atoms with Gasteiger partial charge in [-0.3, -0.25) is 0 Å². The maximum atomic E-state index is 16.6. The number of alkyl halides is 2. The molecular weight excluding hydrogens is 706 g/mol. The predicted molar refractivity (Wildman–Crippen MR) is 191 cm³/mol. The zero-order chi connectivity index (χ0) is 38.0. The van der Waals surface area contributed by atoms with E-state index in [0.29, 0.717) is 18.2 Å². The minimum atomic E-state index is -3.79. The van der Waals surface area contributed by atoms with Crippen LogP contribution in [0.25, 0.3) is 5.69 Å². The molecule has 4 aliphatic rings. The van der Waals surface area contributed by atoms with Crippen molar-refractivity contribution in [2.24, 2.45) is 5.41 Å². The fourth-order valence-corrected chi connectivity index (χ4v) is 9.04. The molecular formula is C38H41F4N9O3. The van der Waals surface area contributed by atoms with Crippen LogP contribution in [-0.2, 0) is 17.6 Å². The summed E-state index contributed by atoms with van der Waals surface area (Å²) in [5, 5.41) is 36.5. The van der Waals surface area contributed by atoms with Crippen LogP contribution in [0.3, 0.4) is 0 Å². The zero-order valence-corrected chi connectivity index (χ0v) is 29.9. The molecule has 16 heteroatoms. The lowest BCUT2D eigenvalue weighted by Crippen LogP contribution is -2.76. The van der Waals surface area contributed by atoms with Gasteiger partial charge in [0, 0.05) is 54.6 Å². The number of aromatic nitrogens is 7. The van der Waals surface area contributed by atoms with E-state index in [4.69, 9.17) is 0 Å². The van der Waals surface area contributed by atoms with Crippen molar-refractivity contribution in [3.8, 4) is 5.69 Å². The van der Waals surface area contributed by atoms with Crippen molar-refractivity contribution in [2.75, 3.05) is 36.0 Å². The SMILES string of the molecule is CC[C@@H]([C@H](C)O)n1ncn(-c2ccc(N3CCN(c4ccc(C56CC(C(F)(F)[C@@](O)(Cn7cnnn7)c7ccc(F)cc7F)(C5)C6)cc4)CC3)cc2)c1=O. The minimum Gasteiger partial charge on any atom is -0.391 e. The van der Waals surface area contributed by atoms with E-state index in [9.17, 15) is 23.8 Å².